The van der Waals surface area contributed by atoms with Crippen LogP contribution in [0.15, 0.2) is 33.8 Å². The van der Waals surface area contributed by atoms with E-state index in [2.05, 4.69) is 26.1 Å². The molecule has 1 aliphatic heterocycles. The molecule has 8 nitrogen and oxygen atoms in total. The van der Waals surface area contributed by atoms with E-state index in [9.17, 15) is 9.59 Å². The molecule has 2 amide bonds. The second-order valence-electron chi connectivity index (χ2n) is 6.13. The van der Waals surface area contributed by atoms with Gasteiger partial charge in [-0.3, -0.25) is 0 Å². The smallest absolute Gasteiger partial charge is 0.337 e. The van der Waals surface area contributed by atoms with E-state index in [4.69, 9.17) is 16.3 Å². The van der Waals surface area contributed by atoms with E-state index >= 15 is 0 Å². The number of nitrogens with zero attached hydrogens (tertiary/aromatic N) is 2. The van der Waals surface area contributed by atoms with Crippen LogP contribution in [0.25, 0.3) is 0 Å². The molecule has 1 aromatic carbocycles. The molecule has 1 unspecified atom stereocenters. The van der Waals surface area contributed by atoms with Crippen molar-refractivity contribution in [2.24, 2.45) is 0 Å². The molecule has 154 valence electrons. The predicted octanol–water partition coefficient (Wildman–Crippen LogP) is 3.85. The van der Waals surface area contributed by atoms with Crippen molar-refractivity contribution in [3.63, 3.8) is 0 Å². The lowest BCUT2D eigenvalue weighted by atomic mass is 10.1. The Morgan fingerprint density at radius 2 is 2.21 bits per heavy atom. The molecule has 11 heteroatoms. The van der Waals surface area contributed by atoms with Crippen LogP contribution in [-0.2, 0) is 9.53 Å². The summed E-state index contributed by atoms with van der Waals surface area (Å²) in [4.78, 5) is 24.1. The number of urea groups is 1. The van der Waals surface area contributed by atoms with Gasteiger partial charge in [0.05, 0.1) is 18.2 Å². The third-order valence-corrected chi connectivity index (χ3v) is 6.53. The molecule has 0 aliphatic carbocycles. The number of rotatable bonds is 7. The van der Waals surface area contributed by atoms with Gasteiger partial charge in [0.2, 0.25) is 5.13 Å². The van der Waals surface area contributed by atoms with Crippen molar-refractivity contribution in [2.75, 3.05) is 17.7 Å². The van der Waals surface area contributed by atoms with Gasteiger partial charge in [-0.1, -0.05) is 40.8 Å². The van der Waals surface area contributed by atoms with Gasteiger partial charge < -0.3 is 20.7 Å². The van der Waals surface area contributed by atoms with Crippen LogP contribution in [0.3, 0.4) is 0 Å². The number of amides is 2. The van der Waals surface area contributed by atoms with Gasteiger partial charge in [0, 0.05) is 22.2 Å². The number of hydrogen-bond donors (Lipinski definition) is 3. The molecular formula is C18H20ClN5O3S2. The van der Waals surface area contributed by atoms with Crippen molar-refractivity contribution < 1.29 is 14.3 Å². The molecular weight excluding hydrogens is 434 g/mol. The SMILES string of the molecule is CCOC(=O)C1=C(CSc2nnc(Nc3cccc(Cl)c3C)s2)NC(=O)NC1C. The van der Waals surface area contributed by atoms with Crippen LogP contribution in [0.2, 0.25) is 5.02 Å². The van der Waals surface area contributed by atoms with Crippen LogP contribution >= 0.6 is 34.7 Å². The Bertz CT molecular complexity index is 963. The number of thioether (sulfide) groups is 1. The summed E-state index contributed by atoms with van der Waals surface area (Å²) in [6.07, 6.45) is 0. The fourth-order valence-electron chi connectivity index (χ4n) is 2.70. The third kappa shape index (κ3) is 5.20. The highest BCUT2D eigenvalue weighted by atomic mass is 35.5. The van der Waals surface area contributed by atoms with E-state index in [-0.39, 0.29) is 12.6 Å². The Balaban J connectivity index is 1.71. The maximum absolute atomic E-state index is 12.3. The lowest BCUT2D eigenvalue weighted by Gasteiger charge is -2.26. The fourth-order valence-corrected chi connectivity index (χ4v) is 4.61. The summed E-state index contributed by atoms with van der Waals surface area (Å²) in [5.41, 5.74) is 2.71. The summed E-state index contributed by atoms with van der Waals surface area (Å²) in [5.74, 6) is -0.0874. The van der Waals surface area contributed by atoms with Gasteiger partial charge in [-0.25, -0.2) is 9.59 Å². The highest BCUT2D eigenvalue weighted by Crippen LogP contribution is 2.32. The Kier molecular flexibility index (Phi) is 6.99. The van der Waals surface area contributed by atoms with Crippen molar-refractivity contribution in [3.8, 4) is 0 Å². The number of benzene rings is 1. The van der Waals surface area contributed by atoms with Crippen molar-refractivity contribution >= 4 is 57.5 Å². The van der Waals surface area contributed by atoms with Crippen LogP contribution < -0.4 is 16.0 Å². The minimum Gasteiger partial charge on any atom is -0.463 e. The standard InChI is InChI=1S/C18H20ClN5O3S2/c1-4-27-15(25)14-10(3)20-16(26)21-13(14)8-28-18-24-23-17(29-18)22-12-7-5-6-11(19)9(12)2/h5-7,10H,4,8H2,1-3H3,(H,22,23)(H2,20,21,26). The van der Waals surface area contributed by atoms with Gasteiger partial charge in [-0.15, -0.1) is 10.2 Å². The van der Waals surface area contributed by atoms with E-state index in [1.807, 2.05) is 25.1 Å². The normalized spacial score (nSPS) is 16.3. The van der Waals surface area contributed by atoms with Gasteiger partial charge in [0.15, 0.2) is 4.34 Å². The summed E-state index contributed by atoms with van der Waals surface area (Å²) in [6, 6.07) is 4.82. The zero-order chi connectivity index (χ0) is 21.0. The molecule has 29 heavy (non-hydrogen) atoms. The van der Waals surface area contributed by atoms with Crippen molar-refractivity contribution in [2.45, 2.75) is 31.2 Å². The van der Waals surface area contributed by atoms with E-state index in [0.717, 1.165) is 11.3 Å². The van der Waals surface area contributed by atoms with E-state index < -0.39 is 12.0 Å². The monoisotopic (exact) mass is 453 g/mol. The molecule has 0 spiro atoms. The summed E-state index contributed by atoms with van der Waals surface area (Å²) >= 11 is 8.90. The largest absolute Gasteiger partial charge is 0.463 e. The third-order valence-electron chi connectivity index (χ3n) is 4.12. The Morgan fingerprint density at radius 3 is 2.97 bits per heavy atom. The molecule has 0 saturated heterocycles. The quantitative estimate of drug-likeness (QED) is 0.432. The number of ether oxygens (including phenoxy) is 1. The number of hydrogen-bond acceptors (Lipinski definition) is 8. The first-order valence-electron chi connectivity index (χ1n) is 8.85. The van der Waals surface area contributed by atoms with Crippen LogP contribution in [0.5, 0.6) is 0 Å². The predicted molar refractivity (Wildman–Crippen MR) is 115 cm³/mol. The van der Waals surface area contributed by atoms with Gasteiger partial charge in [0.1, 0.15) is 0 Å². The average molecular weight is 454 g/mol. The Labute approximate surface area is 181 Å². The van der Waals surface area contributed by atoms with E-state index in [0.29, 0.717) is 31.5 Å². The summed E-state index contributed by atoms with van der Waals surface area (Å²) < 4.78 is 5.81. The summed E-state index contributed by atoms with van der Waals surface area (Å²) in [6.45, 7) is 5.67. The topological polar surface area (TPSA) is 105 Å². The molecule has 3 rings (SSSR count). The van der Waals surface area contributed by atoms with Crippen LogP contribution in [-0.4, -0.2) is 40.6 Å². The summed E-state index contributed by atoms with van der Waals surface area (Å²) in [5, 5.41) is 18.2. The molecule has 0 fully saturated rings. The zero-order valence-corrected chi connectivity index (χ0v) is 18.4. The highest BCUT2D eigenvalue weighted by Gasteiger charge is 2.29. The van der Waals surface area contributed by atoms with E-state index in [1.54, 1.807) is 13.8 Å². The summed E-state index contributed by atoms with van der Waals surface area (Å²) in [7, 11) is 0. The molecule has 0 bridgehead atoms. The fraction of sp³-hybridized carbons (Fsp3) is 0.333. The maximum Gasteiger partial charge on any atom is 0.337 e. The Morgan fingerprint density at radius 1 is 1.41 bits per heavy atom. The Hall–Kier alpha value is -2.30. The number of aromatic nitrogens is 2. The lowest BCUT2D eigenvalue weighted by Crippen LogP contribution is -2.49. The lowest BCUT2D eigenvalue weighted by molar-refractivity contribution is -0.138. The minimum atomic E-state index is -0.445. The molecule has 2 heterocycles. The molecule has 0 radical (unpaired) electrons. The molecule has 1 atom stereocenters. The zero-order valence-electron chi connectivity index (χ0n) is 16.0. The first kappa shape index (κ1) is 21.4. The number of carbonyl (C=O) groups excluding carboxylic acids is 2. The van der Waals surface area contributed by atoms with Crippen LogP contribution in [0.4, 0.5) is 15.6 Å². The first-order valence-corrected chi connectivity index (χ1v) is 11.0. The van der Waals surface area contributed by atoms with Crippen LogP contribution in [0.1, 0.15) is 19.4 Å². The van der Waals surface area contributed by atoms with Crippen molar-refractivity contribution in [3.05, 3.63) is 40.1 Å². The number of halogens is 1. The molecule has 1 aliphatic rings. The van der Waals surface area contributed by atoms with E-state index in [1.165, 1.54) is 23.1 Å². The van der Waals surface area contributed by atoms with Gasteiger partial charge >= 0.3 is 12.0 Å². The number of esters is 1. The molecule has 3 N–H and O–H groups in total. The second kappa shape index (κ2) is 9.47. The number of nitrogens with one attached hydrogen (secondary N) is 3. The molecule has 2 aromatic rings. The van der Waals surface area contributed by atoms with Gasteiger partial charge in [0.25, 0.3) is 0 Å². The van der Waals surface area contributed by atoms with Crippen molar-refractivity contribution in [1.82, 2.24) is 20.8 Å². The van der Waals surface area contributed by atoms with Gasteiger partial charge in [-0.05, 0) is 38.5 Å². The average Bonchev–Trinajstić information content (AvgIpc) is 3.11. The molecule has 0 saturated carbocycles. The van der Waals surface area contributed by atoms with Crippen LogP contribution in [0, 0.1) is 6.92 Å². The molecule has 1 aromatic heterocycles. The highest BCUT2D eigenvalue weighted by molar-refractivity contribution is 8.01. The maximum atomic E-state index is 12.3. The minimum absolute atomic E-state index is 0.262. The van der Waals surface area contributed by atoms with Crippen molar-refractivity contribution in [1.29, 1.82) is 0 Å². The number of anilines is 2. The number of carbonyl (C=O) groups is 2. The second-order valence-corrected chi connectivity index (χ2v) is 8.74. The van der Waals surface area contributed by atoms with Gasteiger partial charge in [-0.2, -0.15) is 0 Å². The first-order chi connectivity index (χ1) is 13.9.